The van der Waals surface area contributed by atoms with E-state index in [9.17, 15) is 4.79 Å². The summed E-state index contributed by atoms with van der Waals surface area (Å²) in [7, 11) is 0. The SMILES string of the molecule is CC(CNC(C)c1nccs1)C(N)=O. The summed E-state index contributed by atoms with van der Waals surface area (Å²) in [6.45, 7) is 4.42. The van der Waals surface area contributed by atoms with Gasteiger partial charge in [0.05, 0.1) is 6.04 Å². The Labute approximate surface area is 87.5 Å². The smallest absolute Gasteiger partial charge is 0.221 e. The van der Waals surface area contributed by atoms with E-state index < -0.39 is 0 Å². The molecule has 0 radical (unpaired) electrons. The molecule has 0 aliphatic rings. The highest BCUT2D eigenvalue weighted by Crippen LogP contribution is 2.14. The third kappa shape index (κ3) is 3.08. The molecule has 0 saturated heterocycles. The fraction of sp³-hybridized carbons (Fsp3) is 0.556. The van der Waals surface area contributed by atoms with Crippen LogP contribution >= 0.6 is 11.3 Å². The Balaban J connectivity index is 2.35. The number of carbonyl (C=O) groups excluding carboxylic acids is 1. The van der Waals surface area contributed by atoms with Gasteiger partial charge in [-0.05, 0) is 6.92 Å². The number of rotatable bonds is 5. The highest BCUT2D eigenvalue weighted by Gasteiger charge is 2.12. The fourth-order valence-electron chi connectivity index (χ4n) is 0.990. The van der Waals surface area contributed by atoms with Gasteiger partial charge in [-0.15, -0.1) is 11.3 Å². The lowest BCUT2D eigenvalue weighted by Gasteiger charge is -2.13. The Morgan fingerprint density at radius 3 is 2.93 bits per heavy atom. The monoisotopic (exact) mass is 213 g/mol. The molecule has 0 aromatic carbocycles. The molecular formula is C9H15N3OS. The Hall–Kier alpha value is -0.940. The van der Waals surface area contributed by atoms with Crippen molar-refractivity contribution in [3.8, 4) is 0 Å². The quantitative estimate of drug-likeness (QED) is 0.764. The number of nitrogens with two attached hydrogens (primary N) is 1. The fourth-order valence-corrected chi connectivity index (χ4v) is 1.66. The van der Waals surface area contributed by atoms with Crippen molar-refractivity contribution < 1.29 is 4.79 Å². The van der Waals surface area contributed by atoms with Crippen molar-refractivity contribution in [1.82, 2.24) is 10.3 Å². The summed E-state index contributed by atoms with van der Waals surface area (Å²) in [6, 6.07) is 0.178. The maximum Gasteiger partial charge on any atom is 0.221 e. The zero-order chi connectivity index (χ0) is 10.6. The van der Waals surface area contributed by atoms with Crippen LogP contribution in [0.3, 0.4) is 0 Å². The van der Waals surface area contributed by atoms with Crippen molar-refractivity contribution >= 4 is 17.2 Å². The molecule has 0 bridgehead atoms. The van der Waals surface area contributed by atoms with Gasteiger partial charge in [0, 0.05) is 24.0 Å². The van der Waals surface area contributed by atoms with E-state index in [1.165, 1.54) is 0 Å². The minimum Gasteiger partial charge on any atom is -0.369 e. The van der Waals surface area contributed by atoms with Crippen molar-refractivity contribution in [2.45, 2.75) is 19.9 Å². The van der Waals surface area contributed by atoms with Crippen molar-refractivity contribution in [3.05, 3.63) is 16.6 Å². The van der Waals surface area contributed by atoms with E-state index in [1.54, 1.807) is 17.5 Å². The van der Waals surface area contributed by atoms with Gasteiger partial charge < -0.3 is 11.1 Å². The van der Waals surface area contributed by atoms with Crippen LogP contribution in [0.4, 0.5) is 0 Å². The summed E-state index contributed by atoms with van der Waals surface area (Å²) in [5.41, 5.74) is 5.15. The van der Waals surface area contributed by atoms with Crippen molar-refractivity contribution in [3.63, 3.8) is 0 Å². The molecule has 0 spiro atoms. The molecule has 1 rings (SSSR count). The zero-order valence-corrected chi connectivity index (χ0v) is 9.17. The molecule has 1 heterocycles. The average Bonchev–Trinajstić information content (AvgIpc) is 2.66. The summed E-state index contributed by atoms with van der Waals surface area (Å²) in [4.78, 5) is 14.9. The van der Waals surface area contributed by atoms with Crippen molar-refractivity contribution in [2.75, 3.05) is 6.54 Å². The molecule has 0 aliphatic heterocycles. The zero-order valence-electron chi connectivity index (χ0n) is 8.36. The molecular weight excluding hydrogens is 198 g/mol. The molecule has 2 atom stereocenters. The van der Waals surface area contributed by atoms with E-state index in [0.29, 0.717) is 6.54 Å². The molecule has 2 unspecified atom stereocenters. The largest absolute Gasteiger partial charge is 0.369 e. The van der Waals surface area contributed by atoms with Gasteiger partial charge in [0.1, 0.15) is 5.01 Å². The van der Waals surface area contributed by atoms with E-state index in [1.807, 2.05) is 19.2 Å². The summed E-state index contributed by atoms with van der Waals surface area (Å²) in [5.74, 6) is -0.416. The van der Waals surface area contributed by atoms with E-state index in [-0.39, 0.29) is 17.9 Å². The third-order valence-electron chi connectivity index (χ3n) is 2.04. The molecule has 1 aromatic heterocycles. The summed E-state index contributed by atoms with van der Waals surface area (Å²) in [6.07, 6.45) is 1.77. The maximum atomic E-state index is 10.8. The van der Waals surface area contributed by atoms with Crippen LogP contribution < -0.4 is 11.1 Å². The van der Waals surface area contributed by atoms with Gasteiger partial charge in [-0.1, -0.05) is 6.92 Å². The molecule has 1 amide bonds. The molecule has 4 nitrogen and oxygen atoms in total. The number of amides is 1. The van der Waals surface area contributed by atoms with E-state index >= 15 is 0 Å². The van der Waals surface area contributed by atoms with E-state index in [2.05, 4.69) is 10.3 Å². The van der Waals surface area contributed by atoms with Gasteiger partial charge in [-0.25, -0.2) is 4.98 Å². The van der Waals surface area contributed by atoms with Crippen molar-refractivity contribution in [2.24, 2.45) is 11.7 Å². The van der Waals surface area contributed by atoms with Crippen LogP contribution in [0.2, 0.25) is 0 Å². The first-order valence-corrected chi connectivity index (χ1v) is 5.41. The van der Waals surface area contributed by atoms with E-state index in [0.717, 1.165) is 5.01 Å². The van der Waals surface area contributed by atoms with Crippen LogP contribution in [0.25, 0.3) is 0 Å². The highest BCUT2D eigenvalue weighted by molar-refractivity contribution is 7.09. The number of carbonyl (C=O) groups is 1. The van der Waals surface area contributed by atoms with Gasteiger partial charge in [0.15, 0.2) is 0 Å². The second-order valence-corrected chi connectivity index (χ2v) is 4.23. The number of thiazole rings is 1. The lowest BCUT2D eigenvalue weighted by atomic mass is 10.1. The van der Waals surface area contributed by atoms with Gasteiger partial charge in [0.25, 0.3) is 0 Å². The molecule has 0 fully saturated rings. The summed E-state index contributed by atoms with van der Waals surface area (Å²) < 4.78 is 0. The van der Waals surface area contributed by atoms with Crippen LogP contribution in [-0.2, 0) is 4.79 Å². The van der Waals surface area contributed by atoms with Crippen molar-refractivity contribution in [1.29, 1.82) is 0 Å². The van der Waals surface area contributed by atoms with Gasteiger partial charge in [-0.2, -0.15) is 0 Å². The average molecular weight is 213 g/mol. The predicted molar refractivity (Wildman–Crippen MR) is 56.9 cm³/mol. The summed E-state index contributed by atoms with van der Waals surface area (Å²) in [5, 5.41) is 6.18. The molecule has 3 N–H and O–H groups in total. The third-order valence-corrected chi connectivity index (χ3v) is 3.00. The van der Waals surface area contributed by atoms with E-state index in [4.69, 9.17) is 5.73 Å². The second kappa shape index (κ2) is 5.07. The lowest BCUT2D eigenvalue weighted by Crippen LogP contribution is -2.32. The topological polar surface area (TPSA) is 68.0 Å². The molecule has 14 heavy (non-hydrogen) atoms. The Kier molecular flexibility index (Phi) is 4.03. The Morgan fingerprint density at radius 2 is 2.43 bits per heavy atom. The van der Waals surface area contributed by atoms with Gasteiger partial charge in [-0.3, -0.25) is 4.79 Å². The normalized spacial score (nSPS) is 15.0. The number of primary amides is 1. The Morgan fingerprint density at radius 1 is 1.71 bits per heavy atom. The molecule has 0 saturated carbocycles. The minimum atomic E-state index is -0.274. The minimum absolute atomic E-state index is 0.141. The molecule has 1 aromatic rings. The molecule has 5 heteroatoms. The first kappa shape index (κ1) is 11.1. The van der Waals surface area contributed by atoms with Gasteiger partial charge >= 0.3 is 0 Å². The number of hydrogen-bond donors (Lipinski definition) is 2. The number of aromatic nitrogens is 1. The first-order valence-electron chi connectivity index (χ1n) is 4.53. The highest BCUT2D eigenvalue weighted by atomic mass is 32.1. The molecule has 0 aliphatic carbocycles. The number of hydrogen-bond acceptors (Lipinski definition) is 4. The van der Waals surface area contributed by atoms with Gasteiger partial charge in [0.2, 0.25) is 5.91 Å². The standard InChI is InChI=1S/C9H15N3OS/c1-6(8(10)13)5-12-7(2)9-11-3-4-14-9/h3-4,6-7,12H,5H2,1-2H3,(H2,10,13). The summed E-state index contributed by atoms with van der Waals surface area (Å²) >= 11 is 1.60. The molecule has 78 valence electrons. The maximum absolute atomic E-state index is 10.8. The first-order chi connectivity index (χ1) is 6.61. The number of nitrogens with one attached hydrogen (secondary N) is 1. The predicted octanol–water partition coefficient (Wildman–Crippen LogP) is 0.915. The second-order valence-electron chi connectivity index (χ2n) is 3.30. The van der Waals surface area contributed by atoms with Crippen LogP contribution in [0.5, 0.6) is 0 Å². The van der Waals surface area contributed by atoms with Crippen LogP contribution in [-0.4, -0.2) is 17.4 Å². The Bertz CT molecular complexity index is 286. The number of nitrogens with zero attached hydrogens (tertiary/aromatic N) is 1. The lowest BCUT2D eigenvalue weighted by molar-refractivity contribution is -0.121. The van der Waals surface area contributed by atoms with Crippen LogP contribution in [0, 0.1) is 5.92 Å². The van der Waals surface area contributed by atoms with Crippen LogP contribution in [0.1, 0.15) is 24.9 Å². The van der Waals surface area contributed by atoms with Crippen LogP contribution in [0.15, 0.2) is 11.6 Å².